The lowest BCUT2D eigenvalue weighted by Gasteiger charge is -2.35. The number of hydrogen-bond donors (Lipinski definition) is 1. The van der Waals surface area contributed by atoms with Crippen molar-refractivity contribution in [1.82, 2.24) is 9.21 Å². The maximum atomic E-state index is 13.1. The molecule has 2 amide bonds. The summed E-state index contributed by atoms with van der Waals surface area (Å²) in [6, 6.07) is 4.53. The highest BCUT2D eigenvalue weighted by Gasteiger charge is 2.35. The number of carbonyl (C=O) groups excluding carboxylic acids is 2. The van der Waals surface area contributed by atoms with Gasteiger partial charge in [-0.1, -0.05) is 6.92 Å². The predicted molar refractivity (Wildman–Crippen MR) is 109 cm³/mol. The standard InChI is InChI=1S/C20H27N3O6S/c1-2-17-19(24)21-16-13-15(3-4-18(16)29-17)30(26,27)23-7-5-14(6-8-23)20(25)22-9-11-28-12-10-22/h3-4,13-14,17H,2,5-12H2,1H3,(H,21,24)/t17-/m0/s1. The number of ether oxygens (including phenoxy) is 2. The van der Waals surface area contributed by atoms with Crippen molar-refractivity contribution in [3.63, 3.8) is 0 Å². The van der Waals surface area contributed by atoms with E-state index < -0.39 is 16.1 Å². The van der Waals surface area contributed by atoms with E-state index in [-0.39, 0.29) is 22.6 Å². The Labute approximate surface area is 176 Å². The van der Waals surface area contributed by atoms with E-state index in [1.54, 1.807) is 6.07 Å². The molecule has 2 saturated heterocycles. The fraction of sp³-hybridized carbons (Fsp3) is 0.600. The first-order valence-corrected chi connectivity index (χ1v) is 11.8. The fourth-order valence-corrected chi connectivity index (χ4v) is 5.59. The van der Waals surface area contributed by atoms with E-state index in [1.165, 1.54) is 16.4 Å². The van der Waals surface area contributed by atoms with Gasteiger partial charge in [0.25, 0.3) is 5.91 Å². The summed E-state index contributed by atoms with van der Waals surface area (Å²) in [6.45, 7) is 4.73. The van der Waals surface area contributed by atoms with Crippen LogP contribution in [0.3, 0.4) is 0 Å². The van der Waals surface area contributed by atoms with Crippen LogP contribution < -0.4 is 10.1 Å². The molecule has 1 N–H and O–H groups in total. The molecule has 164 valence electrons. The summed E-state index contributed by atoms with van der Waals surface area (Å²) in [6.07, 6.45) is 0.961. The predicted octanol–water partition coefficient (Wildman–Crippen LogP) is 1.06. The Hall–Kier alpha value is -2.17. The van der Waals surface area contributed by atoms with Gasteiger partial charge in [-0.3, -0.25) is 9.59 Å². The number of morpholine rings is 1. The van der Waals surface area contributed by atoms with Crippen LogP contribution in [0.1, 0.15) is 26.2 Å². The van der Waals surface area contributed by atoms with Crippen molar-refractivity contribution in [2.45, 2.75) is 37.2 Å². The Morgan fingerprint density at radius 2 is 1.87 bits per heavy atom. The molecule has 0 radical (unpaired) electrons. The molecule has 1 atom stereocenters. The number of amides is 2. The second-order valence-corrected chi connectivity index (χ2v) is 9.72. The molecular formula is C20H27N3O6S. The first kappa shape index (κ1) is 21.1. The van der Waals surface area contributed by atoms with Gasteiger partial charge in [0.2, 0.25) is 15.9 Å². The van der Waals surface area contributed by atoms with Gasteiger partial charge in [0, 0.05) is 32.1 Å². The monoisotopic (exact) mass is 437 g/mol. The lowest BCUT2D eigenvalue weighted by atomic mass is 9.96. The average molecular weight is 438 g/mol. The molecule has 30 heavy (non-hydrogen) atoms. The van der Waals surface area contributed by atoms with Crippen LogP contribution in [-0.2, 0) is 24.3 Å². The summed E-state index contributed by atoms with van der Waals surface area (Å²) < 4.78 is 38.6. The maximum absolute atomic E-state index is 13.1. The van der Waals surface area contributed by atoms with Crippen molar-refractivity contribution in [2.24, 2.45) is 5.92 Å². The molecule has 3 heterocycles. The molecule has 3 aliphatic rings. The zero-order valence-corrected chi connectivity index (χ0v) is 17.8. The topological polar surface area (TPSA) is 105 Å². The molecule has 0 unspecified atom stereocenters. The van der Waals surface area contributed by atoms with Crippen molar-refractivity contribution in [3.8, 4) is 5.75 Å². The van der Waals surface area contributed by atoms with Gasteiger partial charge in [0.15, 0.2) is 6.10 Å². The van der Waals surface area contributed by atoms with E-state index in [0.717, 1.165) is 0 Å². The van der Waals surface area contributed by atoms with Crippen molar-refractivity contribution in [3.05, 3.63) is 18.2 Å². The Kier molecular flexibility index (Phi) is 5.99. The number of sulfonamides is 1. The summed E-state index contributed by atoms with van der Waals surface area (Å²) in [5.74, 6) is 0.128. The van der Waals surface area contributed by atoms with Crippen molar-refractivity contribution in [1.29, 1.82) is 0 Å². The van der Waals surface area contributed by atoms with Gasteiger partial charge in [-0.05, 0) is 37.5 Å². The summed E-state index contributed by atoms with van der Waals surface area (Å²) in [5.41, 5.74) is 0.364. The Balaban J connectivity index is 1.43. The smallest absolute Gasteiger partial charge is 0.265 e. The molecule has 10 heteroatoms. The van der Waals surface area contributed by atoms with Crippen LogP contribution in [-0.4, -0.2) is 74.9 Å². The summed E-state index contributed by atoms with van der Waals surface area (Å²) in [5, 5.41) is 2.73. The van der Waals surface area contributed by atoms with Gasteiger partial charge >= 0.3 is 0 Å². The molecule has 0 saturated carbocycles. The van der Waals surface area contributed by atoms with E-state index in [0.29, 0.717) is 70.1 Å². The SMILES string of the molecule is CC[C@@H]1Oc2ccc(S(=O)(=O)N3CCC(C(=O)N4CCOCC4)CC3)cc2NC1=O. The van der Waals surface area contributed by atoms with Crippen molar-refractivity contribution >= 4 is 27.5 Å². The number of fused-ring (bicyclic) bond motifs is 1. The van der Waals surface area contributed by atoms with Gasteiger partial charge < -0.3 is 19.7 Å². The van der Waals surface area contributed by atoms with E-state index in [2.05, 4.69) is 5.32 Å². The fourth-order valence-electron chi connectivity index (χ4n) is 4.09. The minimum absolute atomic E-state index is 0.0921. The number of piperidine rings is 1. The lowest BCUT2D eigenvalue weighted by molar-refractivity contribution is -0.140. The van der Waals surface area contributed by atoms with E-state index >= 15 is 0 Å². The molecule has 0 bridgehead atoms. The highest BCUT2D eigenvalue weighted by molar-refractivity contribution is 7.89. The minimum Gasteiger partial charge on any atom is -0.478 e. The second-order valence-electron chi connectivity index (χ2n) is 7.78. The molecule has 0 aliphatic carbocycles. The van der Waals surface area contributed by atoms with Gasteiger partial charge in [0.1, 0.15) is 5.75 Å². The van der Waals surface area contributed by atoms with E-state index in [1.807, 2.05) is 11.8 Å². The Morgan fingerprint density at radius 3 is 2.53 bits per heavy atom. The number of carbonyl (C=O) groups is 2. The van der Waals surface area contributed by atoms with Crippen LogP contribution in [0, 0.1) is 5.92 Å². The van der Waals surface area contributed by atoms with E-state index in [9.17, 15) is 18.0 Å². The normalized spacial score (nSPS) is 23.4. The largest absolute Gasteiger partial charge is 0.478 e. The molecule has 1 aromatic rings. The molecular weight excluding hydrogens is 410 g/mol. The zero-order chi connectivity index (χ0) is 21.3. The van der Waals surface area contributed by atoms with Crippen LogP contribution in [0.25, 0.3) is 0 Å². The average Bonchev–Trinajstić information content (AvgIpc) is 2.78. The van der Waals surface area contributed by atoms with Crippen LogP contribution in [0.4, 0.5) is 5.69 Å². The van der Waals surface area contributed by atoms with Crippen LogP contribution in [0.5, 0.6) is 5.75 Å². The molecule has 0 spiro atoms. The maximum Gasteiger partial charge on any atom is 0.265 e. The van der Waals surface area contributed by atoms with Gasteiger partial charge in [-0.2, -0.15) is 4.31 Å². The quantitative estimate of drug-likeness (QED) is 0.755. The zero-order valence-electron chi connectivity index (χ0n) is 17.0. The van der Waals surface area contributed by atoms with Crippen molar-refractivity contribution in [2.75, 3.05) is 44.7 Å². The molecule has 9 nitrogen and oxygen atoms in total. The van der Waals surface area contributed by atoms with E-state index in [4.69, 9.17) is 9.47 Å². The third-order valence-corrected chi connectivity index (χ3v) is 7.80. The van der Waals surface area contributed by atoms with Crippen LogP contribution in [0.15, 0.2) is 23.1 Å². The van der Waals surface area contributed by atoms with Crippen LogP contribution in [0.2, 0.25) is 0 Å². The van der Waals surface area contributed by atoms with Gasteiger partial charge in [-0.15, -0.1) is 0 Å². The number of anilines is 1. The molecule has 1 aromatic carbocycles. The number of hydrogen-bond acceptors (Lipinski definition) is 6. The second kappa shape index (κ2) is 8.52. The Morgan fingerprint density at radius 1 is 1.17 bits per heavy atom. The Bertz CT molecular complexity index is 920. The highest BCUT2D eigenvalue weighted by Crippen LogP contribution is 2.34. The third kappa shape index (κ3) is 4.03. The summed E-state index contributed by atoms with van der Waals surface area (Å²) >= 11 is 0. The van der Waals surface area contributed by atoms with Gasteiger partial charge in [-0.25, -0.2) is 8.42 Å². The first-order valence-electron chi connectivity index (χ1n) is 10.4. The molecule has 0 aromatic heterocycles. The molecule has 3 aliphatic heterocycles. The number of rotatable bonds is 4. The highest BCUT2D eigenvalue weighted by atomic mass is 32.2. The lowest BCUT2D eigenvalue weighted by Crippen LogP contribution is -2.47. The number of nitrogens with zero attached hydrogens (tertiary/aromatic N) is 2. The minimum atomic E-state index is -3.72. The number of benzene rings is 1. The molecule has 2 fully saturated rings. The molecule has 4 rings (SSSR count). The van der Waals surface area contributed by atoms with Crippen molar-refractivity contribution < 1.29 is 27.5 Å². The van der Waals surface area contributed by atoms with Crippen LogP contribution >= 0.6 is 0 Å². The number of nitrogens with one attached hydrogen (secondary N) is 1. The third-order valence-electron chi connectivity index (χ3n) is 5.91. The van der Waals surface area contributed by atoms with Gasteiger partial charge in [0.05, 0.1) is 23.8 Å². The summed E-state index contributed by atoms with van der Waals surface area (Å²) in [4.78, 5) is 26.6. The summed E-state index contributed by atoms with van der Waals surface area (Å²) in [7, 11) is -3.72. The first-order chi connectivity index (χ1) is 14.4.